The van der Waals surface area contributed by atoms with Gasteiger partial charge in [-0.1, -0.05) is 48.0 Å². The van der Waals surface area contributed by atoms with Crippen molar-refractivity contribution in [1.82, 2.24) is 5.43 Å². The molecule has 0 bridgehead atoms. The SMILES string of the molecule is O=C(NN=Cc1ccccc1Cl)Oc1ccccc1. The van der Waals surface area contributed by atoms with Gasteiger partial charge in [0.1, 0.15) is 5.75 Å². The zero-order valence-corrected chi connectivity index (χ0v) is 10.7. The molecule has 0 aliphatic rings. The second-order valence-corrected chi connectivity index (χ2v) is 4.00. The monoisotopic (exact) mass is 274 g/mol. The number of carbonyl (C=O) groups is 1. The summed E-state index contributed by atoms with van der Waals surface area (Å²) in [6.07, 6.45) is 0.795. The van der Waals surface area contributed by atoms with Crippen molar-refractivity contribution >= 4 is 23.9 Å². The summed E-state index contributed by atoms with van der Waals surface area (Å²) in [7, 11) is 0. The molecule has 0 fully saturated rings. The van der Waals surface area contributed by atoms with Crippen molar-refractivity contribution < 1.29 is 9.53 Å². The smallest absolute Gasteiger partial charge is 0.409 e. The van der Waals surface area contributed by atoms with Crippen LogP contribution in [-0.2, 0) is 0 Å². The highest BCUT2D eigenvalue weighted by molar-refractivity contribution is 6.33. The maximum absolute atomic E-state index is 11.4. The Kier molecular flexibility index (Phi) is 4.53. The molecule has 2 rings (SSSR count). The van der Waals surface area contributed by atoms with Gasteiger partial charge in [-0.2, -0.15) is 5.10 Å². The predicted octanol–water partition coefficient (Wildman–Crippen LogP) is 3.46. The van der Waals surface area contributed by atoms with E-state index in [1.165, 1.54) is 6.21 Å². The van der Waals surface area contributed by atoms with E-state index in [0.29, 0.717) is 16.3 Å². The number of nitrogens with zero attached hydrogens (tertiary/aromatic N) is 1. The normalized spacial score (nSPS) is 10.4. The molecule has 0 atom stereocenters. The number of benzene rings is 2. The van der Waals surface area contributed by atoms with Crippen molar-refractivity contribution in [3.63, 3.8) is 0 Å². The molecule has 0 aliphatic heterocycles. The van der Waals surface area contributed by atoms with Crippen molar-refractivity contribution in [2.24, 2.45) is 5.10 Å². The lowest BCUT2D eigenvalue weighted by Gasteiger charge is -2.02. The van der Waals surface area contributed by atoms with Crippen LogP contribution in [0.15, 0.2) is 59.7 Å². The Morgan fingerprint density at radius 2 is 1.79 bits per heavy atom. The molecule has 0 spiro atoms. The summed E-state index contributed by atoms with van der Waals surface area (Å²) >= 11 is 5.93. The zero-order chi connectivity index (χ0) is 13.5. The van der Waals surface area contributed by atoms with Gasteiger partial charge >= 0.3 is 6.09 Å². The number of carbonyl (C=O) groups excluding carboxylic acids is 1. The van der Waals surface area contributed by atoms with Gasteiger partial charge in [0.05, 0.1) is 6.21 Å². The molecule has 0 unspecified atom stereocenters. The standard InChI is InChI=1S/C14H11ClN2O2/c15-13-9-5-4-6-11(13)10-16-17-14(18)19-12-7-2-1-3-8-12/h1-10H,(H,17,18). The van der Waals surface area contributed by atoms with E-state index in [2.05, 4.69) is 10.5 Å². The average Bonchev–Trinajstić information content (AvgIpc) is 2.42. The van der Waals surface area contributed by atoms with E-state index in [1.54, 1.807) is 36.4 Å². The lowest BCUT2D eigenvalue weighted by Crippen LogP contribution is -2.21. The molecule has 0 aromatic heterocycles. The fourth-order valence-electron chi connectivity index (χ4n) is 1.35. The molecule has 2 aromatic rings. The highest BCUT2D eigenvalue weighted by atomic mass is 35.5. The number of hydrogen-bond acceptors (Lipinski definition) is 3. The Morgan fingerprint density at radius 3 is 2.53 bits per heavy atom. The number of nitrogens with one attached hydrogen (secondary N) is 1. The lowest BCUT2D eigenvalue weighted by molar-refractivity contribution is 0.201. The van der Waals surface area contributed by atoms with Crippen molar-refractivity contribution in [2.75, 3.05) is 0 Å². The highest BCUT2D eigenvalue weighted by Gasteiger charge is 2.01. The van der Waals surface area contributed by atoms with Crippen LogP contribution < -0.4 is 10.2 Å². The minimum Gasteiger partial charge on any atom is -0.409 e. The van der Waals surface area contributed by atoms with Gasteiger partial charge in [0.15, 0.2) is 0 Å². The van der Waals surface area contributed by atoms with Gasteiger partial charge in [0.25, 0.3) is 0 Å². The van der Waals surface area contributed by atoms with E-state index < -0.39 is 6.09 Å². The van der Waals surface area contributed by atoms with Crippen LogP contribution in [0.25, 0.3) is 0 Å². The van der Waals surface area contributed by atoms with Crippen LogP contribution in [-0.4, -0.2) is 12.3 Å². The van der Waals surface area contributed by atoms with Gasteiger partial charge < -0.3 is 4.74 Å². The summed E-state index contributed by atoms with van der Waals surface area (Å²) in [6.45, 7) is 0. The summed E-state index contributed by atoms with van der Waals surface area (Å²) in [5.74, 6) is 0.452. The van der Waals surface area contributed by atoms with Gasteiger partial charge in [-0.25, -0.2) is 10.2 Å². The minimum atomic E-state index is -0.658. The maximum Gasteiger partial charge on any atom is 0.433 e. The van der Waals surface area contributed by atoms with Gasteiger partial charge in [0.2, 0.25) is 0 Å². The third kappa shape index (κ3) is 4.12. The predicted molar refractivity (Wildman–Crippen MR) is 74.6 cm³/mol. The van der Waals surface area contributed by atoms with Crippen LogP contribution in [0.4, 0.5) is 4.79 Å². The van der Waals surface area contributed by atoms with Gasteiger partial charge in [-0.05, 0) is 18.2 Å². The number of para-hydroxylation sites is 1. The van der Waals surface area contributed by atoms with Crippen LogP contribution in [0.5, 0.6) is 5.75 Å². The van der Waals surface area contributed by atoms with E-state index in [-0.39, 0.29) is 0 Å². The van der Waals surface area contributed by atoms with Gasteiger partial charge in [0, 0.05) is 10.6 Å². The molecular formula is C14H11ClN2O2. The number of ether oxygens (including phenoxy) is 1. The molecule has 0 heterocycles. The van der Waals surface area contributed by atoms with Gasteiger partial charge in [-0.15, -0.1) is 0 Å². The largest absolute Gasteiger partial charge is 0.433 e. The zero-order valence-electron chi connectivity index (χ0n) is 9.92. The summed E-state index contributed by atoms with van der Waals surface area (Å²) in [6, 6.07) is 15.9. The van der Waals surface area contributed by atoms with Crippen molar-refractivity contribution in [3.05, 3.63) is 65.2 Å². The second-order valence-electron chi connectivity index (χ2n) is 3.59. The van der Waals surface area contributed by atoms with E-state index in [1.807, 2.05) is 18.2 Å². The average molecular weight is 275 g/mol. The first-order valence-electron chi connectivity index (χ1n) is 5.56. The fraction of sp³-hybridized carbons (Fsp3) is 0. The number of hydrogen-bond donors (Lipinski definition) is 1. The summed E-state index contributed by atoms with van der Waals surface area (Å²) in [4.78, 5) is 11.4. The number of rotatable bonds is 3. The molecule has 19 heavy (non-hydrogen) atoms. The molecule has 1 amide bonds. The van der Waals surface area contributed by atoms with Crippen LogP contribution in [0, 0.1) is 0 Å². The van der Waals surface area contributed by atoms with Crippen LogP contribution in [0.1, 0.15) is 5.56 Å². The van der Waals surface area contributed by atoms with E-state index in [9.17, 15) is 4.79 Å². The molecule has 0 saturated carbocycles. The Bertz CT molecular complexity index is 585. The third-order valence-corrected chi connectivity index (χ3v) is 2.56. The van der Waals surface area contributed by atoms with Crippen LogP contribution >= 0.6 is 11.6 Å². The second kappa shape index (κ2) is 6.56. The topological polar surface area (TPSA) is 50.7 Å². The number of hydrazone groups is 1. The molecule has 0 aliphatic carbocycles. The minimum absolute atomic E-state index is 0.452. The quantitative estimate of drug-likeness (QED) is 0.688. The first-order valence-corrected chi connectivity index (χ1v) is 5.94. The summed E-state index contributed by atoms with van der Waals surface area (Å²) < 4.78 is 4.99. The maximum atomic E-state index is 11.4. The molecule has 1 N–H and O–H groups in total. The Labute approximate surface area is 115 Å². The van der Waals surface area contributed by atoms with E-state index >= 15 is 0 Å². The Hall–Kier alpha value is -2.33. The van der Waals surface area contributed by atoms with Crippen molar-refractivity contribution in [1.29, 1.82) is 0 Å². The third-order valence-electron chi connectivity index (χ3n) is 2.22. The summed E-state index contributed by atoms with van der Waals surface area (Å²) in [5.41, 5.74) is 2.97. The Balaban J connectivity index is 1.89. The molecule has 4 nitrogen and oxygen atoms in total. The first-order chi connectivity index (χ1) is 9.25. The molecular weight excluding hydrogens is 264 g/mol. The number of amides is 1. The highest BCUT2D eigenvalue weighted by Crippen LogP contribution is 2.12. The summed E-state index contributed by atoms with van der Waals surface area (Å²) in [5, 5.41) is 4.32. The lowest BCUT2D eigenvalue weighted by atomic mass is 10.2. The van der Waals surface area contributed by atoms with Crippen LogP contribution in [0.3, 0.4) is 0 Å². The Morgan fingerprint density at radius 1 is 1.11 bits per heavy atom. The van der Waals surface area contributed by atoms with Crippen molar-refractivity contribution in [3.8, 4) is 5.75 Å². The van der Waals surface area contributed by atoms with Crippen LogP contribution in [0.2, 0.25) is 5.02 Å². The van der Waals surface area contributed by atoms with E-state index in [4.69, 9.17) is 16.3 Å². The van der Waals surface area contributed by atoms with Crippen molar-refractivity contribution in [2.45, 2.75) is 0 Å². The molecule has 2 aromatic carbocycles. The molecule has 0 saturated heterocycles. The molecule has 0 radical (unpaired) electrons. The number of halogens is 1. The first kappa shape index (κ1) is 13.1. The van der Waals surface area contributed by atoms with E-state index in [0.717, 1.165) is 0 Å². The molecule has 96 valence electrons. The molecule has 5 heteroatoms. The fourth-order valence-corrected chi connectivity index (χ4v) is 1.54. The van der Waals surface area contributed by atoms with Gasteiger partial charge in [-0.3, -0.25) is 0 Å².